The lowest BCUT2D eigenvalue weighted by atomic mass is 9.95. The Labute approximate surface area is 345 Å². The Morgan fingerprint density at radius 2 is 0.789 bits per heavy atom. The summed E-state index contributed by atoms with van der Waals surface area (Å²) in [5.41, 5.74) is 2.27. The van der Waals surface area contributed by atoms with Crippen LogP contribution in [0.2, 0.25) is 0 Å². The average molecular weight is 797 g/mol. The van der Waals surface area contributed by atoms with Gasteiger partial charge in [-0.25, -0.2) is 0 Å². The minimum absolute atomic E-state index is 0.418. The van der Waals surface area contributed by atoms with Crippen molar-refractivity contribution in [1.82, 2.24) is 0 Å². The minimum atomic E-state index is -3.78. The molecule has 0 radical (unpaired) electrons. The Kier molecular flexibility index (Phi) is 15.1. The Balaban J connectivity index is 1.32. The van der Waals surface area contributed by atoms with E-state index in [1.807, 2.05) is 0 Å². The second-order valence-electron chi connectivity index (χ2n) is 15.8. The average Bonchev–Trinajstić information content (AvgIpc) is 3.69. The molecule has 7 aromatic rings. The van der Waals surface area contributed by atoms with E-state index in [2.05, 4.69) is 129 Å². The molecule has 0 saturated heterocycles. The predicted octanol–water partition coefficient (Wildman–Crippen LogP) is 16.8. The molecule has 0 aliphatic heterocycles. The fourth-order valence-electron chi connectivity index (χ4n) is 8.44. The molecule has 5 heteroatoms. The van der Waals surface area contributed by atoms with Gasteiger partial charge in [0.25, 0.3) is 0 Å². The molecular weight excluding hydrogens is 736 g/mol. The minimum Gasteiger partial charge on any atom is -0.305 e. The molecule has 1 heterocycles. The molecule has 0 fully saturated rings. The number of rotatable bonds is 23. The quantitative estimate of drug-likeness (QED) is 0.0367. The zero-order valence-corrected chi connectivity index (χ0v) is 36.0. The maximum Gasteiger partial charge on any atom is 0.362 e. The Morgan fingerprint density at radius 1 is 0.439 bits per heavy atom. The van der Waals surface area contributed by atoms with Crippen molar-refractivity contribution < 1.29 is 13.6 Å². The lowest BCUT2D eigenvalue weighted by Gasteiger charge is -2.21. The molecule has 3 nitrogen and oxygen atoms in total. The van der Waals surface area contributed by atoms with Gasteiger partial charge in [0.05, 0.1) is 23.4 Å². The van der Waals surface area contributed by atoms with Crippen molar-refractivity contribution in [3.8, 4) is 20.9 Å². The summed E-state index contributed by atoms with van der Waals surface area (Å²) in [6, 6.07) is 41.3. The van der Waals surface area contributed by atoms with Crippen molar-refractivity contribution in [2.75, 3.05) is 13.2 Å². The molecule has 57 heavy (non-hydrogen) atoms. The first-order valence-corrected chi connectivity index (χ1v) is 24.3. The summed E-state index contributed by atoms with van der Waals surface area (Å²) in [4.78, 5) is 2.06. The van der Waals surface area contributed by atoms with Crippen LogP contribution in [0, 0.1) is 0 Å². The van der Waals surface area contributed by atoms with Crippen molar-refractivity contribution in [2.45, 2.75) is 117 Å². The fraction of sp³-hybridized carbons (Fsp3) is 0.385. The van der Waals surface area contributed by atoms with Crippen LogP contribution in [0.1, 0.15) is 117 Å². The molecule has 0 spiro atoms. The van der Waals surface area contributed by atoms with E-state index in [0.29, 0.717) is 18.5 Å². The largest absolute Gasteiger partial charge is 0.362 e. The maximum atomic E-state index is 15.8. The topological polar surface area (TPSA) is 35.5 Å². The molecule has 0 N–H and O–H groups in total. The van der Waals surface area contributed by atoms with Crippen LogP contribution in [0.15, 0.2) is 115 Å². The van der Waals surface area contributed by atoms with Crippen LogP contribution in [0.25, 0.3) is 64.0 Å². The number of hydrogen-bond donors (Lipinski definition) is 0. The zero-order chi connectivity index (χ0) is 39.3. The lowest BCUT2D eigenvalue weighted by Crippen LogP contribution is -2.13. The summed E-state index contributed by atoms with van der Waals surface area (Å²) in [5, 5.41) is 10.1. The molecule has 7 rings (SSSR count). The van der Waals surface area contributed by atoms with Crippen LogP contribution >= 0.6 is 18.9 Å². The SMILES string of the molecule is CCCCCCCCCCOP(=O)(OCCCCCCCCCC)c1cc(-c2c3ccccc3cc3ccccc23)sc1-c1c2ccccc2cc2ccccc12. The highest BCUT2D eigenvalue weighted by molar-refractivity contribution is 7.63. The van der Waals surface area contributed by atoms with Crippen molar-refractivity contribution in [2.24, 2.45) is 0 Å². The van der Waals surface area contributed by atoms with Gasteiger partial charge in [-0.15, -0.1) is 11.3 Å². The Bertz CT molecular complexity index is 2280. The van der Waals surface area contributed by atoms with E-state index in [-0.39, 0.29) is 0 Å². The van der Waals surface area contributed by atoms with Crippen LogP contribution < -0.4 is 5.30 Å². The molecule has 0 bridgehead atoms. The van der Waals surface area contributed by atoms with Gasteiger partial charge in [-0.3, -0.25) is 4.57 Å². The summed E-state index contributed by atoms with van der Waals surface area (Å²) in [6.45, 7) is 5.37. The van der Waals surface area contributed by atoms with Gasteiger partial charge >= 0.3 is 7.60 Å². The van der Waals surface area contributed by atoms with E-state index in [0.717, 1.165) is 62.5 Å². The van der Waals surface area contributed by atoms with Gasteiger partial charge < -0.3 is 9.05 Å². The smallest absolute Gasteiger partial charge is 0.305 e. The van der Waals surface area contributed by atoms with Gasteiger partial charge in [0.1, 0.15) is 0 Å². The predicted molar refractivity (Wildman–Crippen MR) is 250 cm³/mol. The summed E-state index contributed by atoms with van der Waals surface area (Å²) < 4.78 is 29.2. The molecule has 298 valence electrons. The molecule has 0 saturated carbocycles. The summed E-state index contributed by atoms with van der Waals surface area (Å²) in [5.74, 6) is 0. The van der Waals surface area contributed by atoms with Crippen molar-refractivity contribution in [3.05, 3.63) is 115 Å². The lowest BCUT2D eigenvalue weighted by molar-refractivity contribution is 0.206. The van der Waals surface area contributed by atoms with Gasteiger partial charge in [-0.1, -0.05) is 201 Å². The van der Waals surface area contributed by atoms with Crippen molar-refractivity contribution in [1.29, 1.82) is 0 Å². The highest BCUT2D eigenvalue weighted by Crippen LogP contribution is 2.55. The first-order valence-electron chi connectivity index (χ1n) is 22.0. The molecule has 0 atom stereocenters. The normalized spacial score (nSPS) is 12.1. The van der Waals surface area contributed by atoms with E-state index < -0.39 is 7.60 Å². The molecule has 0 aliphatic carbocycles. The third kappa shape index (κ3) is 10.1. The first kappa shape index (κ1) is 41.4. The Morgan fingerprint density at radius 3 is 1.19 bits per heavy atom. The van der Waals surface area contributed by atoms with Crippen LogP contribution in [0.5, 0.6) is 0 Å². The highest BCUT2D eigenvalue weighted by Gasteiger charge is 2.35. The monoisotopic (exact) mass is 796 g/mol. The number of hydrogen-bond acceptors (Lipinski definition) is 4. The molecule has 1 aromatic heterocycles. The number of benzene rings is 6. The Hall–Kier alpha value is -3.79. The van der Waals surface area contributed by atoms with Gasteiger partial charge in [0, 0.05) is 16.0 Å². The van der Waals surface area contributed by atoms with Crippen molar-refractivity contribution >= 4 is 67.3 Å². The van der Waals surface area contributed by atoms with E-state index in [9.17, 15) is 0 Å². The van der Waals surface area contributed by atoms with Crippen LogP contribution in [0.4, 0.5) is 0 Å². The fourth-order valence-corrected chi connectivity index (χ4v) is 11.9. The third-order valence-electron chi connectivity index (χ3n) is 11.5. The molecule has 0 unspecified atom stereocenters. The molecule has 6 aromatic carbocycles. The van der Waals surface area contributed by atoms with Gasteiger partial charge in [0.15, 0.2) is 0 Å². The zero-order valence-electron chi connectivity index (χ0n) is 34.3. The van der Waals surface area contributed by atoms with Crippen LogP contribution in [0.3, 0.4) is 0 Å². The van der Waals surface area contributed by atoms with Crippen LogP contribution in [-0.2, 0) is 13.6 Å². The van der Waals surface area contributed by atoms with Gasteiger partial charge in [-0.2, -0.15) is 0 Å². The summed E-state index contributed by atoms with van der Waals surface area (Å²) in [7, 11) is -3.78. The number of unbranched alkanes of at least 4 members (excludes halogenated alkanes) is 14. The van der Waals surface area contributed by atoms with Gasteiger partial charge in [0.2, 0.25) is 0 Å². The third-order valence-corrected chi connectivity index (χ3v) is 14.9. The standard InChI is InChI=1S/C52H61O3PS/c1-3-5-7-9-11-13-15-25-35-54-56(53,55-36-26-16-14-12-10-8-6-4-2)48-39-49(50-44-31-21-17-27-40(44)37-41-28-18-22-32-45(41)50)57-52(48)51-46-33-23-19-29-42(46)38-43-30-20-24-34-47(43)51/h17-24,27-34,37-39H,3-16,25-26,35-36H2,1-2H3. The molecular formula is C52H61O3PS. The first-order chi connectivity index (χ1) is 28.1. The van der Waals surface area contributed by atoms with E-state index in [4.69, 9.17) is 9.05 Å². The highest BCUT2D eigenvalue weighted by atomic mass is 32.1. The van der Waals surface area contributed by atoms with E-state index >= 15 is 4.57 Å². The van der Waals surface area contributed by atoms with Gasteiger partial charge in [-0.05, 0) is 74.1 Å². The van der Waals surface area contributed by atoms with Crippen LogP contribution in [-0.4, -0.2) is 13.2 Å². The molecule has 0 amide bonds. The van der Waals surface area contributed by atoms with E-state index in [1.54, 1.807) is 11.3 Å². The summed E-state index contributed by atoms with van der Waals surface area (Å²) >= 11 is 1.73. The molecule has 0 aliphatic rings. The summed E-state index contributed by atoms with van der Waals surface area (Å²) in [6.07, 6.45) is 19.1. The second-order valence-corrected chi connectivity index (χ2v) is 18.9. The number of fused-ring (bicyclic) bond motifs is 4. The number of thiophene rings is 1. The van der Waals surface area contributed by atoms with Crippen molar-refractivity contribution in [3.63, 3.8) is 0 Å². The van der Waals surface area contributed by atoms with E-state index in [1.165, 1.54) is 104 Å². The maximum absolute atomic E-state index is 15.8. The second kappa shape index (κ2) is 20.8.